The first-order chi connectivity index (χ1) is 11.0. The number of aliphatic hydroxyl groups excluding tert-OH is 1. The van der Waals surface area contributed by atoms with Crippen LogP contribution in [0.25, 0.3) is 0 Å². The smallest absolute Gasteiger partial charge is 0.271 e. The number of carbonyl (C=O) groups excluding carboxylic acids is 1. The quantitative estimate of drug-likeness (QED) is 0.477. The highest BCUT2D eigenvalue weighted by atomic mass is 16.6. The van der Waals surface area contributed by atoms with Gasteiger partial charge in [0.25, 0.3) is 5.69 Å². The summed E-state index contributed by atoms with van der Waals surface area (Å²) in [6, 6.07) is 6.12. The van der Waals surface area contributed by atoms with Gasteiger partial charge in [-0.05, 0) is 38.2 Å². The highest BCUT2D eigenvalue weighted by molar-refractivity contribution is 5.91. The van der Waals surface area contributed by atoms with Crippen LogP contribution in [0, 0.1) is 16.0 Å². The number of benzene rings is 1. The number of nitrogens with zero attached hydrogens (tertiary/aromatic N) is 1. The Morgan fingerprint density at radius 3 is 2.83 bits per heavy atom. The molecule has 0 aromatic heterocycles. The van der Waals surface area contributed by atoms with Crippen molar-refractivity contribution in [2.75, 3.05) is 11.9 Å². The van der Waals surface area contributed by atoms with Crippen LogP contribution < -0.4 is 10.6 Å². The summed E-state index contributed by atoms with van der Waals surface area (Å²) in [5, 5.41) is 25.9. The molecule has 2 unspecified atom stereocenters. The molecule has 0 radical (unpaired) electrons. The third kappa shape index (κ3) is 5.61. The predicted octanol–water partition coefficient (Wildman–Crippen LogP) is 2.06. The van der Waals surface area contributed by atoms with Crippen LogP contribution >= 0.6 is 0 Å². The molecule has 0 heterocycles. The number of anilines is 1. The molecule has 2 rings (SSSR count). The number of aliphatic hydroxyl groups is 1. The Balaban J connectivity index is 1.83. The fourth-order valence-corrected chi connectivity index (χ4v) is 2.70. The van der Waals surface area contributed by atoms with E-state index in [9.17, 15) is 14.9 Å². The van der Waals surface area contributed by atoms with Crippen LogP contribution in [-0.4, -0.2) is 34.6 Å². The molecule has 3 N–H and O–H groups in total. The molecule has 1 aliphatic carbocycles. The van der Waals surface area contributed by atoms with Crippen molar-refractivity contribution in [3.63, 3.8) is 0 Å². The average Bonchev–Trinajstić information content (AvgIpc) is 3.31. The van der Waals surface area contributed by atoms with Gasteiger partial charge in [0.15, 0.2) is 0 Å². The molecule has 0 bridgehead atoms. The summed E-state index contributed by atoms with van der Waals surface area (Å²) < 4.78 is 0. The van der Waals surface area contributed by atoms with Gasteiger partial charge in [0.2, 0.25) is 5.91 Å². The zero-order valence-corrected chi connectivity index (χ0v) is 13.2. The Hall–Kier alpha value is -1.99. The van der Waals surface area contributed by atoms with Crippen molar-refractivity contribution in [1.29, 1.82) is 0 Å². The van der Waals surface area contributed by atoms with Gasteiger partial charge in [0, 0.05) is 42.9 Å². The molecule has 7 nitrogen and oxygen atoms in total. The van der Waals surface area contributed by atoms with E-state index in [1.165, 1.54) is 25.0 Å². The van der Waals surface area contributed by atoms with Crippen LogP contribution in [0.15, 0.2) is 24.3 Å². The molecular weight excluding hydrogens is 298 g/mol. The number of nitro groups is 1. The van der Waals surface area contributed by atoms with Crippen molar-refractivity contribution in [3.8, 4) is 0 Å². The largest absolute Gasteiger partial charge is 0.396 e. The van der Waals surface area contributed by atoms with Crippen LogP contribution in [-0.2, 0) is 4.79 Å². The van der Waals surface area contributed by atoms with Crippen LogP contribution in [0.2, 0.25) is 0 Å². The zero-order chi connectivity index (χ0) is 16.8. The van der Waals surface area contributed by atoms with Gasteiger partial charge < -0.3 is 15.7 Å². The number of hydrogen-bond acceptors (Lipinski definition) is 5. The summed E-state index contributed by atoms with van der Waals surface area (Å²) in [7, 11) is 0. The van der Waals surface area contributed by atoms with Gasteiger partial charge in [-0.25, -0.2) is 0 Å². The first-order valence-corrected chi connectivity index (χ1v) is 7.91. The van der Waals surface area contributed by atoms with Gasteiger partial charge in [0.05, 0.1) is 4.92 Å². The van der Waals surface area contributed by atoms with E-state index in [0.717, 1.165) is 0 Å². The molecule has 2 atom stereocenters. The number of carbonyl (C=O) groups is 1. The minimum absolute atomic E-state index is 0.0224. The van der Waals surface area contributed by atoms with Crippen molar-refractivity contribution in [1.82, 2.24) is 5.32 Å². The molecule has 1 aliphatic rings. The van der Waals surface area contributed by atoms with Gasteiger partial charge in [-0.2, -0.15) is 0 Å². The van der Waals surface area contributed by atoms with Gasteiger partial charge in [0.1, 0.15) is 0 Å². The monoisotopic (exact) mass is 321 g/mol. The lowest BCUT2D eigenvalue weighted by Crippen LogP contribution is -2.40. The van der Waals surface area contributed by atoms with Crippen LogP contribution in [0.1, 0.15) is 32.6 Å². The topological polar surface area (TPSA) is 104 Å². The van der Waals surface area contributed by atoms with Gasteiger partial charge in [-0.3, -0.25) is 14.9 Å². The second-order valence-electron chi connectivity index (χ2n) is 6.08. The van der Waals surface area contributed by atoms with E-state index in [0.29, 0.717) is 18.0 Å². The van der Waals surface area contributed by atoms with E-state index < -0.39 is 4.92 Å². The lowest BCUT2D eigenvalue weighted by Gasteiger charge is -2.22. The summed E-state index contributed by atoms with van der Waals surface area (Å²) >= 11 is 0. The molecule has 0 saturated heterocycles. The van der Waals surface area contributed by atoms with E-state index in [1.54, 1.807) is 12.1 Å². The maximum absolute atomic E-state index is 12.1. The Labute approximate surface area is 135 Å². The summed E-state index contributed by atoms with van der Waals surface area (Å²) in [5.41, 5.74) is 0.371. The molecule has 0 spiro atoms. The molecular formula is C16H23N3O4. The molecule has 1 amide bonds. The lowest BCUT2D eigenvalue weighted by molar-refractivity contribution is -0.384. The molecule has 126 valence electrons. The number of hydrogen-bond donors (Lipinski definition) is 3. The Kier molecular flexibility index (Phi) is 6.06. The van der Waals surface area contributed by atoms with Crippen molar-refractivity contribution in [3.05, 3.63) is 34.4 Å². The van der Waals surface area contributed by atoms with E-state index in [-0.39, 0.29) is 36.7 Å². The minimum Gasteiger partial charge on any atom is -0.396 e. The number of nitro benzene ring substituents is 1. The van der Waals surface area contributed by atoms with Crippen LogP contribution in [0.5, 0.6) is 0 Å². The van der Waals surface area contributed by atoms with Gasteiger partial charge in [-0.15, -0.1) is 0 Å². The molecule has 7 heteroatoms. The number of non-ortho nitro benzene ring substituents is 1. The average molecular weight is 321 g/mol. The summed E-state index contributed by atoms with van der Waals surface area (Å²) in [4.78, 5) is 22.3. The number of nitrogens with one attached hydrogen (secondary N) is 2. The summed E-state index contributed by atoms with van der Waals surface area (Å²) in [6.45, 7) is 2.07. The fourth-order valence-electron chi connectivity index (χ4n) is 2.70. The third-order valence-electron chi connectivity index (χ3n) is 3.96. The molecule has 1 aromatic rings. The fraction of sp³-hybridized carbons (Fsp3) is 0.562. The van der Waals surface area contributed by atoms with Crippen molar-refractivity contribution in [2.45, 2.75) is 44.7 Å². The van der Waals surface area contributed by atoms with E-state index in [2.05, 4.69) is 10.6 Å². The maximum atomic E-state index is 12.1. The maximum Gasteiger partial charge on any atom is 0.271 e. The summed E-state index contributed by atoms with van der Waals surface area (Å²) in [5.74, 6) is 0.411. The summed E-state index contributed by atoms with van der Waals surface area (Å²) in [6.07, 6.45) is 3.31. The van der Waals surface area contributed by atoms with Crippen molar-refractivity contribution in [2.24, 2.45) is 5.92 Å². The Bertz CT molecular complexity index is 560. The molecule has 0 aliphatic heterocycles. The first-order valence-electron chi connectivity index (χ1n) is 7.91. The van der Waals surface area contributed by atoms with E-state index >= 15 is 0 Å². The molecule has 1 saturated carbocycles. The van der Waals surface area contributed by atoms with Crippen LogP contribution in [0.3, 0.4) is 0 Å². The standard InChI is InChI=1S/C16H23N3O4/c1-11(17-15(7-8-20)12-5-6-12)9-16(21)18-13-3-2-4-14(10-13)19(22)23/h2-4,10-12,15,17,20H,5-9H2,1H3,(H,18,21). The zero-order valence-electron chi connectivity index (χ0n) is 13.2. The molecule has 1 aromatic carbocycles. The van der Waals surface area contributed by atoms with Crippen LogP contribution in [0.4, 0.5) is 11.4 Å². The second-order valence-corrected chi connectivity index (χ2v) is 6.08. The van der Waals surface area contributed by atoms with Gasteiger partial charge >= 0.3 is 0 Å². The van der Waals surface area contributed by atoms with E-state index in [1.807, 2.05) is 6.92 Å². The second kappa shape index (κ2) is 8.03. The van der Waals surface area contributed by atoms with Gasteiger partial charge in [-0.1, -0.05) is 6.07 Å². The SMILES string of the molecule is CC(CC(=O)Nc1cccc([N+](=O)[O-])c1)NC(CCO)C1CC1. The van der Waals surface area contributed by atoms with E-state index in [4.69, 9.17) is 5.11 Å². The number of amides is 1. The van der Waals surface area contributed by atoms with Crippen molar-refractivity contribution < 1.29 is 14.8 Å². The van der Waals surface area contributed by atoms with Crippen molar-refractivity contribution >= 4 is 17.3 Å². The number of rotatable bonds is 9. The highest BCUT2D eigenvalue weighted by Gasteiger charge is 2.31. The highest BCUT2D eigenvalue weighted by Crippen LogP contribution is 2.34. The minimum atomic E-state index is -0.491. The Morgan fingerprint density at radius 1 is 1.48 bits per heavy atom. The lowest BCUT2D eigenvalue weighted by atomic mass is 10.1. The molecule has 1 fully saturated rings. The predicted molar refractivity (Wildman–Crippen MR) is 87.2 cm³/mol. The Morgan fingerprint density at radius 2 is 2.22 bits per heavy atom. The third-order valence-corrected chi connectivity index (χ3v) is 3.96. The first kappa shape index (κ1) is 17.4. The normalized spacial score (nSPS) is 16.6. The molecule has 23 heavy (non-hydrogen) atoms.